The minimum atomic E-state index is -0.512. The number of rotatable bonds is 9. The van der Waals surface area contributed by atoms with Crippen LogP contribution >= 0.6 is 12.4 Å². The van der Waals surface area contributed by atoms with E-state index in [-0.39, 0.29) is 12.4 Å². The highest BCUT2D eigenvalue weighted by molar-refractivity contribution is 5.85. The molecule has 7 heteroatoms. The lowest BCUT2D eigenvalue weighted by Crippen LogP contribution is -2.48. The van der Waals surface area contributed by atoms with Gasteiger partial charge in [-0.25, -0.2) is 0 Å². The molecule has 0 amide bonds. The van der Waals surface area contributed by atoms with Gasteiger partial charge in [-0.15, -0.1) is 19.0 Å². The van der Waals surface area contributed by atoms with Gasteiger partial charge in [0.05, 0.1) is 0 Å². The molecule has 6 nitrogen and oxygen atoms in total. The van der Waals surface area contributed by atoms with Crippen molar-refractivity contribution < 1.29 is 19.3 Å². The summed E-state index contributed by atoms with van der Waals surface area (Å²) < 4.78 is 16.7. The predicted molar refractivity (Wildman–Crippen MR) is 123 cm³/mol. The van der Waals surface area contributed by atoms with Crippen LogP contribution in [-0.2, 0) is 13.0 Å². The summed E-state index contributed by atoms with van der Waals surface area (Å²) in [6.07, 6.45) is 2.11. The number of aliphatic hydroxyl groups excluding tert-OH is 1. The van der Waals surface area contributed by atoms with Gasteiger partial charge in [0.2, 0.25) is 6.79 Å². The average Bonchev–Trinajstić information content (AvgIpc) is 3.23. The Balaban J connectivity index is 0.00000272. The fourth-order valence-electron chi connectivity index (χ4n) is 3.93. The van der Waals surface area contributed by atoms with Crippen molar-refractivity contribution in [1.29, 1.82) is 0 Å². The Bertz CT molecular complexity index is 855. The molecule has 2 heterocycles. The van der Waals surface area contributed by atoms with Gasteiger partial charge in [0.25, 0.3) is 0 Å². The van der Waals surface area contributed by atoms with E-state index >= 15 is 0 Å². The number of fused-ring (bicyclic) bond motifs is 1. The molecule has 4 rings (SSSR count). The van der Waals surface area contributed by atoms with Crippen LogP contribution in [-0.4, -0.2) is 67.1 Å². The van der Waals surface area contributed by atoms with Gasteiger partial charge in [-0.1, -0.05) is 30.3 Å². The molecule has 2 aromatic rings. The third-order valence-corrected chi connectivity index (χ3v) is 5.55. The van der Waals surface area contributed by atoms with Crippen molar-refractivity contribution in [2.75, 3.05) is 46.1 Å². The molecule has 1 N–H and O–H groups in total. The van der Waals surface area contributed by atoms with Gasteiger partial charge in [-0.3, -0.25) is 9.80 Å². The average molecular weight is 447 g/mol. The molecule has 1 unspecified atom stereocenters. The second kappa shape index (κ2) is 11.4. The summed E-state index contributed by atoms with van der Waals surface area (Å²) in [6.45, 7) is 9.75. The summed E-state index contributed by atoms with van der Waals surface area (Å²) in [5.74, 6) is 2.49. The molecule has 0 bridgehead atoms. The number of para-hydroxylation sites is 1. The summed E-state index contributed by atoms with van der Waals surface area (Å²) in [6, 6.07) is 14.1. The number of piperazine rings is 1. The number of halogens is 1. The molecule has 0 radical (unpaired) electrons. The van der Waals surface area contributed by atoms with E-state index in [1.54, 1.807) is 0 Å². The van der Waals surface area contributed by atoms with Gasteiger partial charge in [0, 0.05) is 39.3 Å². The number of ether oxygens (including phenoxy) is 3. The van der Waals surface area contributed by atoms with E-state index in [0.717, 1.165) is 62.0 Å². The zero-order chi connectivity index (χ0) is 20.8. The molecule has 0 aliphatic carbocycles. The van der Waals surface area contributed by atoms with Crippen LogP contribution in [0.3, 0.4) is 0 Å². The first-order valence-electron chi connectivity index (χ1n) is 10.5. The summed E-state index contributed by atoms with van der Waals surface area (Å²) in [5, 5.41) is 10.4. The molecule has 1 saturated heterocycles. The van der Waals surface area contributed by atoms with E-state index in [0.29, 0.717) is 19.9 Å². The number of allylic oxidation sites excluding steroid dienone is 1. The lowest BCUT2D eigenvalue weighted by Gasteiger charge is -2.35. The lowest BCUT2D eigenvalue weighted by molar-refractivity contribution is 0.0444. The second-order valence-corrected chi connectivity index (χ2v) is 7.83. The third kappa shape index (κ3) is 6.37. The van der Waals surface area contributed by atoms with Gasteiger partial charge >= 0.3 is 0 Å². The monoisotopic (exact) mass is 446 g/mol. The molecular weight excluding hydrogens is 416 g/mol. The van der Waals surface area contributed by atoms with Gasteiger partial charge in [-0.2, -0.15) is 0 Å². The fraction of sp³-hybridized carbons (Fsp3) is 0.417. The summed E-state index contributed by atoms with van der Waals surface area (Å²) in [5.41, 5.74) is 2.33. The van der Waals surface area contributed by atoms with Crippen molar-refractivity contribution in [1.82, 2.24) is 9.80 Å². The first-order chi connectivity index (χ1) is 14.7. The van der Waals surface area contributed by atoms with E-state index in [2.05, 4.69) is 28.5 Å². The number of β-amino-alcohol motifs (C(OH)–C–C–N with tert-alkyl or cyclic N) is 1. The van der Waals surface area contributed by atoms with Crippen LogP contribution < -0.4 is 14.2 Å². The zero-order valence-corrected chi connectivity index (χ0v) is 18.6. The van der Waals surface area contributed by atoms with Crippen LogP contribution in [0.2, 0.25) is 0 Å². The highest BCUT2D eigenvalue weighted by atomic mass is 35.5. The van der Waals surface area contributed by atoms with Gasteiger partial charge in [-0.05, 0) is 35.7 Å². The summed E-state index contributed by atoms with van der Waals surface area (Å²) in [7, 11) is 0. The first-order valence-corrected chi connectivity index (χ1v) is 10.5. The summed E-state index contributed by atoms with van der Waals surface area (Å²) >= 11 is 0. The Kier molecular flexibility index (Phi) is 8.60. The number of benzene rings is 2. The zero-order valence-electron chi connectivity index (χ0n) is 17.7. The Morgan fingerprint density at radius 3 is 2.58 bits per heavy atom. The molecule has 0 spiro atoms. The van der Waals surface area contributed by atoms with E-state index < -0.39 is 6.10 Å². The maximum Gasteiger partial charge on any atom is 0.231 e. The van der Waals surface area contributed by atoms with Crippen LogP contribution in [0.25, 0.3) is 0 Å². The molecule has 2 aliphatic rings. The van der Waals surface area contributed by atoms with Crippen LogP contribution in [0, 0.1) is 0 Å². The Morgan fingerprint density at radius 1 is 1.03 bits per heavy atom. The van der Waals surface area contributed by atoms with Crippen molar-refractivity contribution >= 4 is 12.4 Å². The minimum Gasteiger partial charge on any atom is -0.491 e. The fourth-order valence-corrected chi connectivity index (χ4v) is 3.93. The highest BCUT2D eigenvalue weighted by Crippen LogP contribution is 2.32. The molecule has 2 aliphatic heterocycles. The molecule has 31 heavy (non-hydrogen) atoms. The molecule has 1 fully saturated rings. The molecule has 1 atom stereocenters. The standard InChI is InChI=1S/C24H30N2O4.ClH/c1-2-5-20-6-3-4-7-22(20)28-17-21(27)16-26-12-10-25(11-13-26)15-19-8-9-23-24(14-19)30-18-29-23;/h2-4,6-9,14,21,27H,1,5,10-13,15-18H2;1H. The maximum absolute atomic E-state index is 10.4. The highest BCUT2D eigenvalue weighted by Gasteiger charge is 2.21. The van der Waals surface area contributed by atoms with Crippen molar-refractivity contribution in [2.24, 2.45) is 0 Å². The Hall–Kier alpha value is -2.25. The van der Waals surface area contributed by atoms with Crippen LogP contribution in [0.4, 0.5) is 0 Å². The quantitative estimate of drug-likeness (QED) is 0.597. The topological polar surface area (TPSA) is 54.4 Å². The molecular formula is C24H31ClN2O4. The number of hydrogen-bond donors (Lipinski definition) is 1. The van der Waals surface area contributed by atoms with E-state index in [4.69, 9.17) is 14.2 Å². The van der Waals surface area contributed by atoms with Crippen LogP contribution in [0.15, 0.2) is 55.1 Å². The molecule has 0 aromatic heterocycles. The number of aliphatic hydroxyl groups is 1. The summed E-state index contributed by atoms with van der Waals surface area (Å²) in [4.78, 5) is 4.74. The van der Waals surface area contributed by atoms with Gasteiger partial charge in [0.1, 0.15) is 18.5 Å². The van der Waals surface area contributed by atoms with E-state index in [1.165, 1.54) is 5.56 Å². The van der Waals surface area contributed by atoms with Gasteiger partial charge < -0.3 is 19.3 Å². The predicted octanol–water partition coefficient (Wildman–Crippen LogP) is 3.12. The normalized spacial score (nSPS) is 17.1. The van der Waals surface area contributed by atoms with E-state index in [1.807, 2.05) is 36.4 Å². The first kappa shape index (κ1) is 23.4. The van der Waals surface area contributed by atoms with Crippen molar-refractivity contribution in [3.05, 3.63) is 66.2 Å². The minimum absolute atomic E-state index is 0. The SMILES string of the molecule is C=CCc1ccccc1OCC(O)CN1CCN(Cc2ccc3c(c2)OCO3)CC1.Cl. The second-order valence-electron chi connectivity index (χ2n) is 7.83. The van der Waals surface area contributed by atoms with Crippen LogP contribution in [0.5, 0.6) is 17.2 Å². The maximum atomic E-state index is 10.4. The number of nitrogens with zero attached hydrogens (tertiary/aromatic N) is 2. The Morgan fingerprint density at radius 2 is 1.77 bits per heavy atom. The third-order valence-electron chi connectivity index (χ3n) is 5.55. The Labute approximate surface area is 190 Å². The van der Waals surface area contributed by atoms with Gasteiger partial charge in [0.15, 0.2) is 11.5 Å². The van der Waals surface area contributed by atoms with Crippen molar-refractivity contribution in [3.8, 4) is 17.2 Å². The van der Waals surface area contributed by atoms with Crippen molar-refractivity contribution in [2.45, 2.75) is 19.1 Å². The van der Waals surface area contributed by atoms with Crippen molar-refractivity contribution in [3.63, 3.8) is 0 Å². The molecule has 0 saturated carbocycles. The molecule has 168 valence electrons. The lowest BCUT2D eigenvalue weighted by atomic mass is 10.1. The van der Waals surface area contributed by atoms with E-state index in [9.17, 15) is 5.11 Å². The number of hydrogen-bond acceptors (Lipinski definition) is 6. The molecule has 2 aromatic carbocycles. The smallest absolute Gasteiger partial charge is 0.231 e. The van der Waals surface area contributed by atoms with Crippen LogP contribution in [0.1, 0.15) is 11.1 Å². The largest absolute Gasteiger partial charge is 0.491 e.